The van der Waals surface area contributed by atoms with Crippen LogP contribution in [0.5, 0.6) is 0 Å². The monoisotopic (exact) mass is 274 g/mol. The molecule has 4 nitrogen and oxygen atoms in total. The highest BCUT2D eigenvalue weighted by Gasteiger charge is 2.39. The lowest BCUT2D eigenvalue weighted by Gasteiger charge is -2.33. The molecule has 104 valence electrons. The molecule has 1 saturated heterocycles. The number of benzene rings is 1. The fourth-order valence-corrected chi connectivity index (χ4v) is 3.38. The van der Waals surface area contributed by atoms with Crippen LogP contribution in [0, 0.1) is 11.7 Å². The summed E-state index contributed by atoms with van der Waals surface area (Å²) in [5.41, 5.74) is 2.88. The molecule has 1 N–H and O–H groups in total. The molecule has 0 saturated carbocycles. The first-order valence-electron chi connectivity index (χ1n) is 6.83. The second-order valence-corrected chi connectivity index (χ2v) is 5.46. The maximum atomic E-state index is 13.6. The van der Waals surface area contributed by atoms with Crippen molar-refractivity contribution in [3.05, 3.63) is 42.1 Å². The molecule has 0 spiro atoms. The van der Waals surface area contributed by atoms with Gasteiger partial charge in [0.05, 0.1) is 37.0 Å². The molecule has 0 amide bonds. The van der Waals surface area contributed by atoms with Crippen LogP contribution >= 0.6 is 0 Å². The Hall–Kier alpha value is -1.72. The summed E-state index contributed by atoms with van der Waals surface area (Å²) in [6.07, 6.45) is 3.72. The van der Waals surface area contributed by atoms with Crippen molar-refractivity contribution < 1.29 is 14.2 Å². The van der Waals surface area contributed by atoms with Crippen LogP contribution in [0.25, 0.3) is 11.3 Å². The van der Waals surface area contributed by atoms with Crippen molar-refractivity contribution in [3.63, 3.8) is 0 Å². The van der Waals surface area contributed by atoms with E-state index in [2.05, 4.69) is 4.98 Å². The number of hydrogen-bond donors (Lipinski definition) is 1. The molecule has 3 atom stereocenters. The predicted octanol–water partition coefficient (Wildman–Crippen LogP) is 1.99. The molecule has 2 aliphatic rings. The summed E-state index contributed by atoms with van der Waals surface area (Å²) < 4.78 is 21.1. The highest BCUT2D eigenvalue weighted by Crippen LogP contribution is 2.45. The summed E-state index contributed by atoms with van der Waals surface area (Å²) >= 11 is 0. The van der Waals surface area contributed by atoms with Gasteiger partial charge in [0.2, 0.25) is 0 Å². The third kappa shape index (κ3) is 1.63. The fourth-order valence-electron chi connectivity index (χ4n) is 3.38. The molecule has 0 bridgehead atoms. The minimum Gasteiger partial charge on any atom is -0.393 e. The van der Waals surface area contributed by atoms with E-state index in [4.69, 9.17) is 4.74 Å². The zero-order valence-electron chi connectivity index (χ0n) is 10.9. The van der Waals surface area contributed by atoms with Gasteiger partial charge >= 0.3 is 0 Å². The SMILES string of the molecule is OC1CCOC[C@H]1[C@H]1c2cc(F)ccc2-c2cncn21. The molecule has 2 aromatic rings. The van der Waals surface area contributed by atoms with Gasteiger partial charge in [0.25, 0.3) is 0 Å². The van der Waals surface area contributed by atoms with Crippen LogP contribution in [0.15, 0.2) is 30.7 Å². The molecule has 1 unspecified atom stereocenters. The van der Waals surface area contributed by atoms with Crippen molar-refractivity contribution in [1.29, 1.82) is 0 Å². The standard InChI is InChI=1S/C15H15FN2O2/c16-9-1-2-10-11(5-9)15(18-8-17-6-13(10)18)12-7-20-4-3-14(12)19/h1-2,5-6,8,12,14-15,19H,3-4,7H2/t12-,14?,15-/m1/s1. The number of ether oxygens (including phenoxy) is 1. The van der Waals surface area contributed by atoms with Gasteiger partial charge in [-0.15, -0.1) is 0 Å². The molecule has 20 heavy (non-hydrogen) atoms. The van der Waals surface area contributed by atoms with Gasteiger partial charge in [0.1, 0.15) is 5.82 Å². The summed E-state index contributed by atoms with van der Waals surface area (Å²) in [5.74, 6) is -0.321. The van der Waals surface area contributed by atoms with Gasteiger partial charge in [-0.1, -0.05) is 0 Å². The van der Waals surface area contributed by atoms with Crippen LogP contribution in [-0.2, 0) is 4.74 Å². The van der Waals surface area contributed by atoms with E-state index in [9.17, 15) is 9.50 Å². The number of aliphatic hydroxyl groups excluding tert-OH is 1. The highest BCUT2D eigenvalue weighted by atomic mass is 19.1. The first-order chi connectivity index (χ1) is 9.75. The van der Waals surface area contributed by atoms with E-state index in [0.29, 0.717) is 19.6 Å². The van der Waals surface area contributed by atoms with E-state index >= 15 is 0 Å². The number of imidazole rings is 1. The van der Waals surface area contributed by atoms with Crippen molar-refractivity contribution in [2.24, 2.45) is 5.92 Å². The molecule has 5 heteroatoms. The van der Waals surface area contributed by atoms with Gasteiger partial charge in [0, 0.05) is 18.1 Å². The van der Waals surface area contributed by atoms with Gasteiger partial charge in [-0.05, 0) is 30.2 Å². The summed E-state index contributed by atoms with van der Waals surface area (Å²) in [7, 11) is 0. The summed E-state index contributed by atoms with van der Waals surface area (Å²) in [4.78, 5) is 4.18. The number of halogens is 1. The number of aromatic nitrogens is 2. The van der Waals surface area contributed by atoms with Gasteiger partial charge in [0.15, 0.2) is 0 Å². The summed E-state index contributed by atoms with van der Waals surface area (Å²) in [6, 6.07) is 4.71. The molecule has 0 aliphatic carbocycles. The Labute approximate surface area is 115 Å². The van der Waals surface area contributed by atoms with E-state index in [1.165, 1.54) is 6.07 Å². The first-order valence-corrected chi connectivity index (χ1v) is 6.83. The normalized spacial score (nSPS) is 28.2. The lowest BCUT2D eigenvalue weighted by atomic mass is 9.86. The van der Waals surface area contributed by atoms with Gasteiger partial charge in [-0.3, -0.25) is 0 Å². The topological polar surface area (TPSA) is 47.3 Å². The largest absolute Gasteiger partial charge is 0.393 e. The van der Waals surface area contributed by atoms with Crippen molar-refractivity contribution >= 4 is 0 Å². The van der Waals surface area contributed by atoms with Crippen molar-refractivity contribution in [1.82, 2.24) is 9.55 Å². The Kier molecular flexibility index (Phi) is 2.65. The van der Waals surface area contributed by atoms with Crippen molar-refractivity contribution in [2.75, 3.05) is 13.2 Å². The number of hydrogen-bond acceptors (Lipinski definition) is 3. The molecule has 0 radical (unpaired) electrons. The average molecular weight is 274 g/mol. The lowest BCUT2D eigenvalue weighted by Crippen LogP contribution is -2.37. The fraction of sp³-hybridized carbons (Fsp3) is 0.400. The Morgan fingerprint density at radius 2 is 2.30 bits per heavy atom. The minimum atomic E-state index is -0.432. The first kappa shape index (κ1) is 12.1. The Balaban J connectivity index is 1.85. The van der Waals surface area contributed by atoms with Crippen molar-refractivity contribution in [3.8, 4) is 11.3 Å². The maximum absolute atomic E-state index is 13.6. The van der Waals surface area contributed by atoms with Gasteiger partial charge in [-0.2, -0.15) is 0 Å². The predicted molar refractivity (Wildman–Crippen MR) is 70.7 cm³/mol. The zero-order valence-corrected chi connectivity index (χ0v) is 10.9. The molecule has 1 fully saturated rings. The minimum absolute atomic E-state index is 0.0697. The average Bonchev–Trinajstić information content (AvgIpc) is 3.00. The highest BCUT2D eigenvalue weighted by molar-refractivity contribution is 5.69. The van der Waals surface area contributed by atoms with E-state index < -0.39 is 6.10 Å². The molecule has 1 aromatic heterocycles. The zero-order chi connectivity index (χ0) is 13.7. The van der Waals surface area contributed by atoms with Gasteiger partial charge < -0.3 is 14.4 Å². The van der Waals surface area contributed by atoms with Crippen LogP contribution in [0.4, 0.5) is 4.39 Å². The molecule has 3 heterocycles. The quantitative estimate of drug-likeness (QED) is 0.865. The number of rotatable bonds is 1. The van der Waals surface area contributed by atoms with E-state index in [0.717, 1.165) is 16.8 Å². The molecular weight excluding hydrogens is 259 g/mol. The van der Waals surface area contributed by atoms with Crippen LogP contribution in [0.3, 0.4) is 0 Å². The second kappa shape index (κ2) is 4.40. The van der Waals surface area contributed by atoms with Crippen LogP contribution in [0.1, 0.15) is 18.0 Å². The number of fused-ring (bicyclic) bond motifs is 3. The Morgan fingerprint density at radius 3 is 3.15 bits per heavy atom. The number of nitrogens with zero attached hydrogens (tertiary/aromatic N) is 2. The summed E-state index contributed by atoms with van der Waals surface area (Å²) in [6.45, 7) is 1.07. The lowest BCUT2D eigenvalue weighted by molar-refractivity contribution is -0.0481. The van der Waals surface area contributed by atoms with Crippen molar-refractivity contribution in [2.45, 2.75) is 18.6 Å². The maximum Gasteiger partial charge on any atom is 0.123 e. The smallest absolute Gasteiger partial charge is 0.123 e. The molecule has 4 rings (SSSR count). The van der Waals surface area contributed by atoms with Crippen LogP contribution in [0.2, 0.25) is 0 Å². The number of aliphatic hydroxyl groups is 1. The Bertz CT molecular complexity index is 655. The molecule has 2 aliphatic heterocycles. The third-order valence-electron chi connectivity index (χ3n) is 4.34. The third-order valence-corrected chi connectivity index (χ3v) is 4.34. The Morgan fingerprint density at radius 1 is 1.40 bits per heavy atom. The van der Waals surface area contributed by atoms with E-state index in [1.807, 2.05) is 4.57 Å². The van der Waals surface area contributed by atoms with Crippen LogP contribution < -0.4 is 0 Å². The summed E-state index contributed by atoms with van der Waals surface area (Å²) in [5, 5.41) is 10.3. The van der Waals surface area contributed by atoms with Crippen LogP contribution in [-0.4, -0.2) is 34.0 Å². The second-order valence-electron chi connectivity index (χ2n) is 5.46. The molecule has 1 aromatic carbocycles. The van der Waals surface area contributed by atoms with E-state index in [1.54, 1.807) is 24.7 Å². The van der Waals surface area contributed by atoms with E-state index in [-0.39, 0.29) is 17.8 Å². The van der Waals surface area contributed by atoms with Gasteiger partial charge in [-0.25, -0.2) is 9.37 Å². The molecular formula is C15H15FN2O2.